The number of aryl methyl sites for hydroxylation is 1. The van der Waals surface area contributed by atoms with Gasteiger partial charge < -0.3 is 9.47 Å². The van der Waals surface area contributed by atoms with Crippen LogP contribution in [0.5, 0.6) is 5.75 Å². The van der Waals surface area contributed by atoms with Gasteiger partial charge in [0.2, 0.25) is 0 Å². The highest BCUT2D eigenvalue weighted by atomic mass is 32.2. The van der Waals surface area contributed by atoms with Crippen molar-refractivity contribution in [3.05, 3.63) is 23.8 Å². The number of hydrogen-bond acceptors (Lipinski definition) is 7. The maximum Gasteiger partial charge on any atom is 0.344 e. The number of unbranched alkanes of at least 4 members (excludes halogenated alkanes) is 2. The molecule has 8 heteroatoms. The zero-order valence-electron chi connectivity index (χ0n) is 18.2. The van der Waals surface area contributed by atoms with Crippen LogP contribution in [0.4, 0.5) is 0 Å². The molecular formula is C21H34O6S2. The van der Waals surface area contributed by atoms with Crippen molar-refractivity contribution in [1.82, 2.24) is 0 Å². The Bertz CT molecular complexity index is 744. The molecule has 0 bridgehead atoms. The predicted molar refractivity (Wildman–Crippen MR) is 117 cm³/mol. The van der Waals surface area contributed by atoms with Crippen LogP contribution in [0.15, 0.2) is 23.1 Å². The minimum atomic E-state index is -3.38. The highest BCUT2D eigenvalue weighted by molar-refractivity contribution is 7.99. The Kier molecular flexibility index (Phi) is 11.1. The largest absolute Gasteiger partial charge is 0.482 e. The third-order valence-electron chi connectivity index (χ3n) is 4.23. The van der Waals surface area contributed by atoms with Gasteiger partial charge in [0.15, 0.2) is 6.61 Å². The Labute approximate surface area is 179 Å². The lowest BCUT2D eigenvalue weighted by molar-refractivity contribution is -0.145. The summed E-state index contributed by atoms with van der Waals surface area (Å²) in [6.07, 6.45) is 5.24. The number of rotatable bonds is 14. The lowest BCUT2D eigenvalue weighted by atomic mass is 9.88. The first-order valence-electron chi connectivity index (χ1n) is 9.89. The van der Waals surface area contributed by atoms with E-state index >= 15 is 0 Å². The van der Waals surface area contributed by atoms with Crippen molar-refractivity contribution >= 4 is 27.8 Å². The van der Waals surface area contributed by atoms with E-state index in [9.17, 15) is 13.2 Å². The van der Waals surface area contributed by atoms with Gasteiger partial charge in [-0.05, 0) is 61.6 Å². The van der Waals surface area contributed by atoms with E-state index < -0.39 is 10.1 Å². The third-order valence-corrected chi connectivity index (χ3v) is 5.85. The predicted octanol–water partition coefficient (Wildman–Crippen LogP) is 4.59. The molecule has 0 fully saturated rings. The Morgan fingerprint density at radius 1 is 1.17 bits per heavy atom. The van der Waals surface area contributed by atoms with Gasteiger partial charge in [0.25, 0.3) is 10.1 Å². The molecule has 0 saturated carbocycles. The number of thioether (sulfide) groups is 1. The quantitative estimate of drug-likeness (QED) is 0.179. The van der Waals surface area contributed by atoms with Gasteiger partial charge in [0, 0.05) is 4.90 Å². The average Bonchev–Trinajstić information content (AvgIpc) is 2.62. The van der Waals surface area contributed by atoms with Crippen LogP contribution in [0, 0.1) is 12.3 Å². The van der Waals surface area contributed by atoms with E-state index in [0.29, 0.717) is 12.4 Å². The summed E-state index contributed by atoms with van der Waals surface area (Å²) in [4.78, 5) is 12.6. The Balaban J connectivity index is 2.27. The van der Waals surface area contributed by atoms with Crippen molar-refractivity contribution in [1.29, 1.82) is 0 Å². The second-order valence-electron chi connectivity index (χ2n) is 7.81. The molecule has 0 aliphatic heterocycles. The number of carbonyl (C=O) groups is 1. The smallest absolute Gasteiger partial charge is 0.344 e. The topological polar surface area (TPSA) is 78.9 Å². The van der Waals surface area contributed by atoms with Crippen molar-refractivity contribution in [3.8, 4) is 5.75 Å². The standard InChI is InChI=1S/C21H34O6S2/c1-6-25-20(22)15-26-19-11-10-18(14-17(19)2)28-13-9-7-8-12-21(3,4)16-27-29(5,23)24/h10-11,14H,6-9,12-13,15-16H2,1-5H3. The molecule has 0 N–H and O–H groups in total. The van der Waals surface area contributed by atoms with Crippen LogP contribution in [0.1, 0.15) is 52.0 Å². The number of hydrogen-bond donors (Lipinski definition) is 0. The number of carbonyl (C=O) groups excluding carboxylic acids is 1. The maximum absolute atomic E-state index is 11.4. The second kappa shape index (κ2) is 12.4. The van der Waals surface area contributed by atoms with Crippen molar-refractivity contribution in [2.24, 2.45) is 5.41 Å². The monoisotopic (exact) mass is 446 g/mol. The Morgan fingerprint density at radius 2 is 1.90 bits per heavy atom. The molecule has 0 spiro atoms. The van der Waals surface area contributed by atoms with Gasteiger partial charge in [-0.2, -0.15) is 8.42 Å². The molecule has 1 aromatic carbocycles. The van der Waals surface area contributed by atoms with E-state index in [0.717, 1.165) is 43.3 Å². The first kappa shape index (κ1) is 25.8. The van der Waals surface area contributed by atoms with Gasteiger partial charge in [0.05, 0.1) is 19.5 Å². The summed E-state index contributed by atoms with van der Waals surface area (Å²) in [7, 11) is -3.38. The molecule has 0 radical (unpaired) electrons. The molecule has 0 saturated heterocycles. The van der Waals surface area contributed by atoms with Gasteiger partial charge in [0.1, 0.15) is 5.75 Å². The van der Waals surface area contributed by atoms with E-state index in [1.54, 1.807) is 18.7 Å². The fourth-order valence-electron chi connectivity index (χ4n) is 2.62. The van der Waals surface area contributed by atoms with E-state index in [1.807, 2.05) is 32.9 Å². The summed E-state index contributed by atoms with van der Waals surface area (Å²) in [5.74, 6) is 1.35. The van der Waals surface area contributed by atoms with Gasteiger partial charge in [-0.25, -0.2) is 4.79 Å². The van der Waals surface area contributed by atoms with E-state index in [1.165, 1.54) is 4.90 Å². The minimum Gasteiger partial charge on any atom is -0.482 e. The maximum atomic E-state index is 11.4. The van der Waals surface area contributed by atoms with E-state index in [-0.39, 0.29) is 24.6 Å². The molecule has 0 aliphatic carbocycles. The molecule has 0 aliphatic rings. The summed E-state index contributed by atoms with van der Waals surface area (Å²) < 4.78 is 37.5. The van der Waals surface area contributed by atoms with Crippen LogP contribution in [0.2, 0.25) is 0 Å². The molecule has 0 heterocycles. The van der Waals surface area contributed by atoms with Crippen LogP contribution in [-0.2, 0) is 23.8 Å². The van der Waals surface area contributed by atoms with E-state index in [2.05, 4.69) is 6.07 Å². The summed E-state index contributed by atoms with van der Waals surface area (Å²) in [5, 5.41) is 0. The van der Waals surface area contributed by atoms with Gasteiger partial charge in [-0.3, -0.25) is 4.18 Å². The van der Waals surface area contributed by atoms with Crippen molar-refractivity contribution in [2.45, 2.75) is 58.3 Å². The summed E-state index contributed by atoms with van der Waals surface area (Å²) >= 11 is 1.80. The Hall–Kier alpha value is -1.25. The molecule has 0 atom stereocenters. The third kappa shape index (κ3) is 12.1. The molecule has 0 amide bonds. The zero-order valence-corrected chi connectivity index (χ0v) is 19.8. The van der Waals surface area contributed by atoms with Crippen LogP contribution in [-0.4, -0.2) is 46.2 Å². The highest BCUT2D eigenvalue weighted by Crippen LogP contribution is 2.28. The molecule has 0 unspecified atom stereocenters. The van der Waals surface area contributed by atoms with Crippen molar-refractivity contribution in [2.75, 3.05) is 31.8 Å². The molecule has 166 valence electrons. The summed E-state index contributed by atoms with van der Waals surface area (Å²) in [6, 6.07) is 5.96. The zero-order chi connectivity index (χ0) is 21.9. The van der Waals surface area contributed by atoms with Crippen molar-refractivity contribution < 1.29 is 26.9 Å². The lowest BCUT2D eigenvalue weighted by Crippen LogP contribution is -2.21. The highest BCUT2D eigenvalue weighted by Gasteiger charge is 2.20. The van der Waals surface area contributed by atoms with Gasteiger partial charge in [-0.15, -0.1) is 11.8 Å². The lowest BCUT2D eigenvalue weighted by Gasteiger charge is -2.23. The van der Waals surface area contributed by atoms with Gasteiger partial charge >= 0.3 is 5.97 Å². The molecule has 1 aromatic rings. The van der Waals surface area contributed by atoms with Crippen LogP contribution < -0.4 is 4.74 Å². The Morgan fingerprint density at radius 3 is 2.52 bits per heavy atom. The van der Waals surface area contributed by atoms with Crippen molar-refractivity contribution in [3.63, 3.8) is 0 Å². The number of ether oxygens (including phenoxy) is 2. The fraction of sp³-hybridized carbons (Fsp3) is 0.667. The first-order chi connectivity index (χ1) is 13.5. The molecular weight excluding hydrogens is 412 g/mol. The van der Waals surface area contributed by atoms with Crippen LogP contribution >= 0.6 is 11.8 Å². The van der Waals surface area contributed by atoms with E-state index in [4.69, 9.17) is 13.7 Å². The number of esters is 1. The van der Waals surface area contributed by atoms with Crippen LogP contribution in [0.25, 0.3) is 0 Å². The summed E-state index contributed by atoms with van der Waals surface area (Å²) in [5.41, 5.74) is 0.846. The molecule has 6 nitrogen and oxygen atoms in total. The molecule has 29 heavy (non-hydrogen) atoms. The normalized spacial score (nSPS) is 12.0. The fourth-order valence-corrected chi connectivity index (χ4v) is 4.17. The summed E-state index contributed by atoms with van der Waals surface area (Å²) in [6.45, 7) is 8.29. The second-order valence-corrected chi connectivity index (χ2v) is 10.6. The molecule has 0 aromatic heterocycles. The van der Waals surface area contributed by atoms with Gasteiger partial charge in [-0.1, -0.05) is 26.7 Å². The number of benzene rings is 1. The first-order valence-corrected chi connectivity index (χ1v) is 12.7. The molecule has 1 rings (SSSR count). The average molecular weight is 447 g/mol. The minimum absolute atomic E-state index is 0.0766. The SMILES string of the molecule is CCOC(=O)COc1ccc(SCCCCCC(C)(C)COS(C)(=O)=O)cc1C. The van der Waals surface area contributed by atoms with Crippen LogP contribution in [0.3, 0.4) is 0 Å².